The van der Waals surface area contributed by atoms with Gasteiger partial charge in [0.15, 0.2) is 0 Å². The highest BCUT2D eigenvalue weighted by Gasteiger charge is 2.05. The lowest BCUT2D eigenvalue weighted by Crippen LogP contribution is -2.17. The summed E-state index contributed by atoms with van der Waals surface area (Å²) in [4.78, 5) is 12.2. The van der Waals surface area contributed by atoms with Crippen LogP contribution in [0.5, 0.6) is 0 Å². The molecule has 0 unspecified atom stereocenters. The molecule has 5 heteroatoms. The van der Waals surface area contributed by atoms with Gasteiger partial charge >= 0.3 is 0 Å². The van der Waals surface area contributed by atoms with Crippen molar-refractivity contribution in [1.82, 2.24) is 5.32 Å². The Morgan fingerprint density at radius 2 is 2.00 bits per heavy atom. The van der Waals surface area contributed by atoms with E-state index in [1.54, 1.807) is 11.3 Å². The van der Waals surface area contributed by atoms with Crippen LogP contribution in [0.2, 0.25) is 5.02 Å². The van der Waals surface area contributed by atoms with E-state index in [2.05, 4.69) is 10.6 Å². The highest BCUT2D eigenvalue weighted by molar-refractivity contribution is 7.10. The topological polar surface area (TPSA) is 41.1 Å². The second-order valence-corrected chi connectivity index (χ2v) is 5.93. The van der Waals surface area contributed by atoms with E-state index >= 15 is 0 Å². The molecule has 1 amide bonds. The summed E-state index contributed by atoms with van der Waals surface area (Å²) in [5.74, 6) is -0.0363. The lowest BCUT2D eigenvalue weighted by atomic mass is 10.1. The lowest BCUT2D eigenvalue weighted by molar-refractivity contribution is -0.114. The molecule has 0 radical (unpaired) electrons. The molecule has 106 valence electrons. The van der Waals surface area contributed by atoms with Gasteiger partial charge in [0.25, 0.3) is 0 Å². The van der Waals surface area contributed by atoms with Crippen LogP contribution < -0.4 is 10.6 Å². The molecule has 0 aliphatic heterocycles. The average Bonchev–Trinajstić information content (AvgIpc) is 2.83. The fraction of sp³-hybridized carbons (Fsp3) is 0.267. The van der Waals surface area contributed by atoms with Crippen molar-refractivity contribution in [2.75, 3.05) is 11.9 Å². The summed E-state index contributed by atoms with van der Waals surface area (Å²) in [6, 6.07) is 9.83. The number of carbonyl (C=O) groups is 1. The van der Waals surface area contributed by atoms with Crippen LogP contribution in [0.4, 0.5) is 5.69 Å². The van der Waals surface area contributed by atoms with Crippen molar-refractivity contribution in [3.63, 3.8) is 0 Å². The molecule has 2 aromatic rings. The van der Waals surface area contributed by atoms with Gasteiger partial charge in [0.1, 0.15) is 0 Å². The van der Waals surface area contributed by atoms with Crippen LogP contribution in [0.1, 0.15) is 17.4 Å². The number of halogens is 1. The van der Waals surface area contributed by atoms with Crippen molar-refractivity contribution in [2.45, 2.75) is 19.9 Å². The summed E-state index contributed by atoms with van der Waals surface area (Å²) >= 11 is 7.50. The van der Waals surface area contributed by atoms with Crippen molar-refractivity contribution in [2.24, 2.45) is 0 Å². The standard InChI is InChI=1S/C15H17ClN2OS/c1-11(19)18-14-7-9-20-15(14)10-17-8-6-12-2-4-13(16)5-3-12/h2-5,7,9,17H,6,8,10H2,1H3,(H,18,19). The Bertz CT molecular complexity index is 566. The maximum absolute atomic E-state index is 11.1. The van der Waals surface area contributed by atoms with Gasteiger partial charge in [-0.2, -0.15) is 0 Å². The molecule has 0 bridgehead atoms. The summed E-state index contributed by atoms with van der Waals surface area (Å²) in [6.45, 7) is 3.18. The van der Waals surface area contributed by atoms with Gasteiger partial charge in [0, 0.05) is 23.4 Å². The molecular weight excluding hydrogens is 292 g/mol. The van der Waals surface area contributed by atoms with E-state index in [0.717, 1.165) is 35.1 Å². The molecule has 0 aliphatic rings. The van der Waals surface area contributed by atoms with Gasteiger partial charge in [0.05, 0.1) is 5.69 Å². The van der Waals surface area contributed by atoms with Gasteiger partial charge in [0.2, 0.25) is 5.91 Å². The Morgan fingerprint density at radius 3 is 2.70 bits per heavy atom. The normalized spacial score (nSPS) is 10.5. The van der Waals surface area contributed by atoms with E-state index in [1.807, 2.05) is 35.7 Å². The number of hydrogen-bond donors (Lipinski definition) is 2. The highest BCUT2D eigenvalue weighted by atomic mass is 35.5. The number of nitrogens with one attached hydrogen (secondary N) is 2. The van der Waals surface area contributed by atoms with E-state index in [-0.39, 0.29) is 5.91 Å². The van der Waals surface area contributed by atoms with Crippen LogP contribution in [-0.2, 0) is 17.8 Å². The van der Waals surface area contributed by atoms with Gasteiger partial charge in [-0.25, -0.2) is 0 Å². The first-order valence-electron chi connectivity index (χ1n) is 6.44. The summed E-state index contributed by atoms with van der Waals surface area (Å²) in [5, 5.41) is 8.98. The molecule has 1 heterocycles. The molecule has 1 aromatic carbocycles. The van der Waals surface area contributed by atoms with Crippen molar-refractivity contribution in [3.05, 3.63) is 51.2 Å². The molecule has 0 spiro atoms. The predicted octanol–water partition coefficient (Wildman–Crippen LogP) is 3.69. The Morgan fingerprint density at radius 1 is 1.25 bits per heavy atom. The maximum atomic E-state index is 11.1. The number of rotatable bonds is 6. The highest BCUT2D eigenvalue weighted by Crippen LogP contribution is 2.21. The van der Waals surface area contributed by atoms with Crippen molar-refractivity contribution >= 4 is 34.5 Å². The smallest absolute Gasteiger partial charge is 0.221 e. The SMILES string of the molecule is CC(=O)Nc1ccsc1CNCCc1ccc(Cl)cc1. The first-order valence-corrected chi connectivity index (χ1v) is 7.70. The zero-order chi connectivity index (χ0) is 14.4. The molecule has 2 rings (SSSR count). The Kier molecular flexibility index (Phi) is 5.59. The second-order valence-electron chi connectivity index (χ2n) is 4.49. The van der Waals surface area contributed by atoms with Gasteiger partial charge in [-0.3, -0.25) is 4.79 Å². The number of thiophene rings is 1. The summed E-state index contributed by atoms with van der Waals surface area (Å²) in [7, 11) is 0. The number of hydrogen-bond acceptors (Lipinski definition) is 3. The van der Waals surface area contributed by atoms with E-state index in [4.69, 9.17) is 11.6 Å². The summed E-state index contributed by atoms with van der Waals surface area (Å²) in [5.41, 5.74) is 2.16. The first-order chi connectivity index (χ1) is 9.65. The van der Waals surface area contributed by atoms with Crippen LogP contribution in [0.3, 0.4) is 0 Å². The molecule has 0 atom stereocenters. The molecule has 3 nitrogen and oxygen atoms in total. The molecule has 1 aromatic heterocycles. The predicted molar refractivity (Wildman–Crippen MR) is 85.5 cm³/mol. The Labute approximate surface area is 128 Å². The maximum Gasteiger partial charge on any atom is 0.221 e. The minimum atomic E-state index is -0.0363. The van der Waals surface area contributed by atoms with Crippen LogP contribution in [-0.4, -0.2) is 12.5 Å². The number of anilines is 1. The van der Waals surface area contributed by atoms with Crippen LogP contribution in [0.25, 0.3) is 0 Å². The number of carbonyl (C=O) groups excluding carboxylic acids is 1. The zero-order valence-corrected chi connectivity index (χ0v) is 12.9. The minimum absolute atomic E-state index is 0.0363. The minimum Gasteiger partial charge on any atom is -0.325 e. The third-order valence-corrected chi connectivity index (χ3v) is 4.02. The zero-order valence-electron chi connectivity index (χ0n) is 11.3. The molecule has 0 aliphatic carbocycles. The molecular formula is C15H17ClN2OS. The van der Waals surface area contributed by atoms with Crippen LogP contribution >= 0.6 is 22.9 Å². The largest absolute Gasteiger partial charge is 0.325 e. The molecule has 0 saturated carbocycles. The van der Waals surface area contributed by atoms with E-state index < -0.39 is 0 Å². The molecule has 0 saturated heterocycles. The molecule has 20 heavy (non-hydrogen) atoms. The summed E-state index contributed by atoms with van der Waals surface area (Å²) < 4.78 is 0. The third kappa shape index (κ3) is 4.63. The van der Waals surface area contributed by atoms with Gasteiger partial charge < -0.3 is 10.6 Å². The first kappa shape index (κ1) is 15.0. The van der Waals surface area contributed by atoms with E-state index in [9.17, 15) is 4.79 Å². The van der Waals surface area contributed by atoms with Gasteiger partial charge in [-0.05, 0) is 42.1 Å². The quantitative estimate of drug-likeness (QED) is 0.799. The molecule has 0 fully saturated rings. The molecule has 2 N–H and O–H groups in total. The van der Waals surface area contributed by atoms with Crippen molar-refractivity contribution < 1.29 is 4.79 Å². The van der Waals surface area contributed by atoms with Gasteiger partial charge in [-0.15, -0.1) is 11.3 Å². The number of benzene rings is 1. The lowest BCUT2D eigenvalue weighted by Gasteiger charge is -2.06. The fourth-order valence-electron chi connectivity index (χ4n) is 1.86. The average molecular weight is 309 g/mol. The third-order valence-electron chi connectivity index (χ3n) is 2.85. The second kappa shape index (κ2) is 7.43. The van der Waals surface area contributed by atoms with E-state index in [1.165, 1.54) is 12.5 Å². The Hall–Kier alpha value is -1.36. The van der Waals surface area contributed by atoms with Crippen molar-refractivity contribution in [1.29, 1.82) is 0 Å². The fourth-order valence-corrected chi connectivity index (χ4v) is 2.79. The van der Waals surface area contributed by atoms with Crippen LogP contribution in [0, 0.1) is 0 Å². The van der Waals surface area contributed by atoms with E-state index in [0.29, 0.717) is 0 Å². The summed E-state index contributed by atoms with van der Waals surface area (Å²) in [6.07, 6.45) is 0.956. The Balaban J connectivity index is 1.77. The number of amides is 1. The monoisotopic (exact) mass is 308 g/mol. The van der Waals surface area contributed by atoms with Gasteiger partial charge in [-0.1, -0.05) is 23.7 Å². The van der Waals surface area contributed by atoms with Crippen LogP contribution in [0.15, 0.2) is 35.7 Å². The van der Waals surface area contributed by atoms with Crippen molar-refractivity contribution in [3.8, 4) is 0 Å².